The molecule has 1 fully saturated rings. The number of carbonyl (C=O) groups excluding carboxylic acids is 1. The van der Waals surface area contributed by atoms with E-state index in [2.05, 4.69) is 0 Å². The first-order valence-corrected chi connectivity index (χ1v) is 7.80. The van der Waals surface area contributed by atoms with Crippen LogP contribution < -0.4 is 0 Å². The number of carboxylic acids is 1. The molecular weight excluding hydrogens is 270 g/mol. The Hall–Kier alpha value is -1.26. The van der Waals surface area contributed by atoms with Gasteiger partial charge in [-0.05, 0) is 47.5 Å². The molecule has 0 bridgehead atoms. The molecule has 0 aliphatic heterocycles. The second-order valence-electron chi connectivity index (χ2n) is 7.35. The highest BCUT2D eigenvalue weighted by molar-refractivity contribution is 5.76. The molecule has 0 saturated heterocycles. The van der Waals surface area contributed by atoms with Gasteiger partial charge in [-0.1, -0.05) is 19.3 Å². The summed E-state index contributed by atoms with van der Waals surface area (Å²) in [5.74, 6) is -0.795. The number of rotatable bonds is 4. The van der Waals surface area contributed by atoms with Crippen molar-refractivity contribution in [3.05, 3.63) is 0 Å². The van der Waals surface area contributed by atoms with Gasteiger partial charge in [0.1, 0.15) is 5.60 Å². The van der Waals surface area contributed by atoms with Crippen molar-refractivity contribution >= 4 is 12.1 Å². The number of amides is 1. The van der Waals surface area contributed by atoms with Gasteiger partial charge in [-0.3, -0.25) is 4.79 Å². The summed E-state index contributed by atoms with van der Waals surface area (Å²) < 4.78 is 5.42. The molecule has 1 N–H and O–H groups in total. The van der Waals surface area contributed by atoms with E-state index in [1.165, 1.54) is 0 Å². The maximum absolute atomic E-state index is 12.3. The zero-order chi connectivity index (χ0) is 16.3. The SMILES string of the molecule is CC(C)N(CC1(C(=O)O)CCCCC1)C(=O)OC(C)(C)C. The fraction of sp³-hybridized carbons (Fsp3) is 0.875. The molecule has 122 valence electrons. The van der Waals surface area contributed by atoms with Gasteiger partial charge < -0.3 is 14.7 Å². The number of aliphatic carboxylic acids is 1. The third-order valence-electron chi connectivity index (χ3n) is 3.99. The summed E-state index contributed by atoms with van der Waals surface area (Å²) in [5.41, 5.74) is -1.40. The largest absolute Gasteiger partial charge is 0.481 e. The molecule has 0 spiro atoms. The lowest BCUT2D eigenvalue weighted by atomic mass is 9.73. The third-order valence-corrected chi connectivity index (χ3v) is 3.99. The maximum Gasteiger partial charge on any atom is 0.410 e. The summed E-state index contributed by atoms with van der Waals surface area (Å²) in [5, 5.41) is 9.65. The normalized spacial score (nSPS) is 18.4. The number of ether oxygens (including phenoxy) is 1. The van der Waals surface area contributed by atoms with Crippen LogP contribution in [-0.2, 0) is 9.53 Å². The standard InChI is InChI=1S/C16H29NO4/c1-12(2)17(14(20)21-15(3,4)5)11-16(13(18)19)9-7-6-8-10-16/h12H,6-11H2,1-5H3,(H,18,19). The molecule has 0 radical (unpaired) electrons. The van der Waals surface area contributed by atoms with Gasteiger partial charge in [0, 0.05) is 12.6 Å². The van der Waals surface area contributed by atoms with Crippen LogP contribution in [0.15, 0.2) is 0 Å². The molecule has 1 amide bonds. The van der Waals surface area contributed by atoms with E-state index in [1.807, 2.05) is 34.6 Å². The predicted octanol–water partition coefficient (Wildman–Crippen LogP) is 3.67. The summed E-state index contributed by atoms with van der Waals surface area (Å²) in [6, 6.07) is -0.0852. The van der Waals surface area contributed by atoms with Crippen LogP contribution in [0.25, 0.3) is 0 Å². The molecule has 0 heterocycles. The summed E-state index contributed by atoms with van der Waals surface area (Å²) in [7, 11) is 0. The molecule has 1 aliphatic rings. The quantitative estimate of drug-likeness (QED) is 0.860. The zero-order valence-corrected chi connectivity index (χ0v) is 13.9. The van der Waals surface area contributed by atoms with Crippen molar-refractivity contribution in [1.82, 2.24) is 4.90 Å². The lowest BCUT2D eigenvalue weighted by molar-refractivity contribution is -0.152. The molecule has 1 rings (SSSR count). The van der Waals surface area contributed by atoms with Crippen LogP contribution in [0.1, 0.15) is 66.7 Å². The highest BCUT2D eigenvalue weighted by Gasteiger charge is 2.43. The Morgan fingerprint density at radius 2 is 1.71 bits per heavy atom. The minimum atomic E-state index is -0.820. The number of hydrogen-bond donors (Lipinski definition) is 1. The van der Waals surface area contributed by atoms with Gasteiger partial charge in [-0.15, -0.1) is 0 Å². The van der Waals surface area contributed by atoms with Crippen molar-refractivity contribution in [3.63, 3.8) is 0 Å². The molecule has 0 aromatic heterocycles. The summed E-state index contributed by atoms with van der Waals surface area (Å²) in [6.07, 6.45) is 3.73. The Labute approximate surface area is 127 Å². The smallest absolute Gasteiger partial charge is 0.410 e. The van der Waals surface area contributed by atoms with E-state index in [9.17, 15) is 14.7 Å². The molecule has 1 aliphatic carbocycles. The maximum atomic E-state index is 12.3. The van der Waals surface area contributed by atoms with Crippen molar-refractivity contribution in [2.45, 2.75) is 78.4 Å². The third kappa shape index (κ3) is 4.90. The minimum Gasteiger partial charge on any atom is -0.481 e. The first-order valence-electron chi connectivity index (χ1n) is 7.80. The Kier molecular flexibility index (Phi) is 5.65. The van der Waals surface area contributed by atoms with Crippen LogP contribution in [0, 0.1) is 5.41 Å². The van der Waals surface area contributed by atoms with Crippen LogP contribution in [-0.4, -0.2) is 40.3 Å². The molecule has 0 atom stereocenters. The second kappa shape index (κ2) is 6.67. The van der Waals surface area contributed by atoms with Crippen LogP contribution in [0.3, 0.4) is 0 Å². The molecule has 5 heteroatoms. The highest BCUT2D eigenvalue weighted by Crippen LogP contribution is 2.38. The van der Waals surface area contributed by atoms with E-state index in [-0.39, 0.29) is 12.6 Å². The minimum absolute atomic E-state index is 0.0852. The monoisotopic (exact) mass is 299 g/mol. The fourth-order valence-electron chi connectivity index (χ4n) is 2.77. The first kappa shape index (κ1) is 17.8. The van der Waals surface area contributed by atoms with Crippen molar-refractivity contribution in [2.24, 2.45) is 5.41 Å². The van der Waals surface area contributed by atoms with Crippen LogP contribution in [0.2, 0.25) is 0 Å². The highest BCUT2D eigenvalue weighted by atomic mass is 16.6. The molecule has 21 heavy (non-hydrogen) atoms. The molecule has 1 saturated carbocycles. The van der Waals surface area contributed by atoms with E-state index in [0.717, 1.165) is 19.3 Å². The Morgan fingerprint density at radius 1 is 1.19 bits per heavy atom. The second-order valence-corrected chi connectivity index (χ2v) is 7.35. The van der Waals surface area contributed by atoms with Crippen LogP contribution >= 0.6 is 0 Å². The Balaban J connectivity index is 2.90. The lowest BCUT2D eigenvalue weighted by Gasteiger charge is -2.39. The Bertz CT molecular complexity index is 378. The molecule has 0 aromatic carbocycles. The van der Waals surface area contributed by atoms with E-state index in [0.29, 0.717) is 12.8 Å². The number of hydrogen-bond acceptors (Lipinski definition) is 3. The molecular formula is C16H29NO4. The summed E-state index contributed by atoms with van der Waals surface area (Å²) in [4.78, 5) is 25.7. The van der Waals surface area contributed by atoms with Crippen LogP contribution in [0.5, 0.6) is 0 Å². The fourth-order valence-corrected chi connectivity index (χ4v) is 2.77. The van der Waals surface area contributed by atoms with Gasteiger partial charge in [0.05, 0.1) is 5.41 Å². The number of nitrogens with zero attached hydrogens (tertiary/aromatic N) is 1. The average Bonchev–Trinajstić information content (AvgIpc) is 2.34. The van der Waals surface area contributed by atoms with Crippen molar-refractivity contribution in [2.75, 3.05) is 6.54 Å². The first-order chi connectivity index (χ1) is 9.57. The summed E-state index contributed by atoms with van der Waals surface area (Å²) >= 11 is 0. The molecule has 5 nitrogen and oxygen atoms in total. The predicted molar refractivity (Wildman–Crippen MR) is 81.2 cm³/mol. The van der Waals surface area contributed by atoms with Crippen molar-refractivity contribution in [3.8, 4) is 0 Å². The number of carboxylic acid groups (broad SMARTS) is 1. The van der Waals surface area contributed by atoms with E-state index in [1.54, 1.807) is 4.90 Å². The zero-order valence-electron chi connectivity index (χ0n) is 13.9. The van der Waals surface area contributed by atoms with E-state index in [4.69, 9.17) is 4.74 Å². The van der Waals surface area contributed by atoms with E-state index < -0.39 is 23.1 Å². The van der Waals surface area contributed by atoms with Gasteiger partial charge in [-0.2, -0.15) is 0 Å². The number of carbonyl (C=O) groups is 2. The lowest BCUT2D eigenvalue weighted by Crippen LogP contribution is -2.50. The van der Waals surface area contributed by atoms with E-state index >= 15 is 0 Å². The van der Waals surface area contributed by atoms with Gasteiger partial charge in [0.15, 0.2) is 0 Å². The van der Waals surface area contributed by atoms with Crippen molar-refractivity contribution in [1.29, 1.82) is 0 Å². The summed E-state index contributed by atoms with van der Waals surface area (Å²) in [6.45, 7) is 9.46. The van der Waals surface area contributed by atoms with Gasteiger partial charge in [0.2, 0.25) is 0 Å². The van der Waals surface area contributed by atoms with Gasteiger partial charge in [-0.25, -0.2) is 4.79 Å². The average molecular weight is 299 g/mol. The Morgan fingerprint density at radius 3 is 2.10 bits per heavy atom. The molecule has 0 aromatic rings. The van der Waals surface area contributed by atoms with Crippen LogP contribution in [0.4, 0.5) is 4.79 Å². The molecule has 0 unspecified atom stereocenters. The van der Waals surface area contributed by atoms with Crippen molar-refractivity contribution < 1.29 is 19.4 Å². The topological polar surface area (TPSA) is 66.8 Å². The van der Waals surface area contributed by atoms with Gasteiger partial charge >= 0.3 is 12.1 Å². The van der Waals surface area contributed by atoms with Gasteiger partial charge in [0.25, 0.3) is 0 Å².